The summed E-state index contributed by atoms with van der Waals surface area (Å²) >= 11 is 1.48. The predicted octanol–water partition coefficient (Wildman–Crippen LogP) is 5.33. The summed E-state index contributed by atoms with van der Waals surface area (Å²) in [4.78, 5) is 28.0. The molecule has 0 spiro atoms. The van der Waals surface area contributed by atoms with Gasteiger partial charge in [0.1, 0.15) is 6.73 Å². The second kappa shape index (κ2) is 13.7. The molecule has 0 aromatic carbocycles. The lowest BCUT2D eigenvalue weighted by Crippen LogP contribution is -2.36. The second-order valence-corrected chi connectivity index (χ2v) is 18.8. The molecule has 5 rings (SSSR count). The van der Waals surface area contributed by atoms with Gasteiger partial charge in [0.05, 0.1) is 46.9 Å². The van der Waals surface area contributed by atoms with Crippen LogP contribution in [-0.2, 0) is 22.7 Å². The Kier molecular flexibility index (Phi) is 9.97. The Morgan fingerprint density at radius 2 is 1.93 bits per heavy atom. The molecule has 0 radical (unpaired) electrons. The number of nitrogens with one attached hydrogen (secondary N) is 1. The van der Waals surface area contributed by atoms with Gasteiger partial charge in [0.25, 0.3) is 5.91 Å². The summed E-state index contributed by atoms with van der Waals surface area (Å²) in [5.74, 6) is 0.715. The highest BCUT2D eigenvalue weighted by molar-refractivity contribution is 7.18. The molecule has 1 aliphatic heterocycles. The van der Waals surface area contributed by atoms with E-state index in [9.17, 15) is 4.79 Å². The molecule has 0 aliphatic carbocycles. The monoisotopic (exact) mass is 624 g/mol. The van der Waals surface area contributed by atoms with Gasteiger partial charge in [-0.25, -0.2) is 14.6 Å². The van der Waals surface area contributed by atoms with Crippen LogP contribution in [0.15, 0.2) is 30.9 Å². The molecule has 4 aromatic heterocycles. The van der Waals surface area contributed by atoms with Crippen LogP contribution >= 0.6 is 11.3 Å². The average Bonchev–Trinajstić information content (AvgIpc) is 3.70. The number of aryl methyl sites for hydroxylation is 1. The van der Waals surface area contributed by atoms with Crippen LogP contribution in [0.25, 0.3) is 16.9 Å². The lowest BCUT2D eigenvalue weighted by Gasteiger charge is -2.27. The van der Waals surface area contributed by atoms with E-state index in [1.807, 2.05) is 59.5 Å². The van der Waals surface area contributed by atoms with E-state index < -0.39 is 8.07 Å². The Morgan fingerprint density at radius 3 is 2.65 bits per heavy atom. The minimum atomic E-state index is -1.13. The zero-order valence-corrected chi connectivity index (χ0v) is 28.0. The number of rotatable bonds is 13. The molecular weight excluding hydrogens is 581 g/mol. The smallest absolute Gasteiger partial charge is 0.264 e. The van der Waals surface area contributed by atoms with Crippen LogP contribution in [-0.4, -0.2) is 93.9 Å². The van der Waals surface area contributed by atoms with Crippen LogP contribution in [0.5, 0.6) is 0 Å². The molecule has 232 valence electrons. The Morgan fingerprint density at radius 1 is 1.16 bits per heavy atom. The maximum atomic E-state index is 13.5. The van der Waals surface area contributed by atoms with E-state index in [2.05, 4.69) is 41.0 Å². The van der Waals surface area contributed by atoms with Crippen LogP contribution < -0.4 is 5.32 Å². The van der Waals surface area contributed by atoms with Gasteiger partial charge in [-0.2, -0.15) is 5.10 Å². The molecule has 11 nitrogen and oxygen atoms in total. The summed E-state index contributed by atoms with van der Waals surface area (Å²) in [6, 6.07) is 3.22. The van der Waals surface area contributed by atoms with Gasteiger partial charge in [0.2, 0.25) is 0 Å². The van der Waals surface area contributed by atoms with Gasteiger partial charge in [0, 0.05) is 65.4 Å². The van der Waals surface area contributed by atoms with Crippen molar-refractivity contribution >= 4 is 41.8 Å². The Labute approximate surface area is 258 Å². The molecule has 0 bridgehead atoms. The standard InChI is InChI=1S/C30H44N8O3SSi/c1-7-36(8-2)30(39)27-23(19-35-9-11-40-12-10-35)15-26(42-27)34-28-29-31-17-25(38(29)18-22(3)33-28)24-16-32-37(20-24)21-41-13-14-43(4,5)6/h15-18,20H,7-14,19,21H2,1-6H3,(H,33,34). The molecule has 1 saturated heterocycles. The number of hydrogen-bond donors (Lipinski definition) is 1. The van der Waals surface area contributed by atoms with Crippen molar-refractivity contribution in [1.29, 1.82) is 0 Å². The molecule has 1 N–H and O–H groups in total. The fourth-order valence-electron chi connectivity index (χ4n) is 5.07. The first-order chi connectivity index (χ1) is 20.6. The number of imidazole rings is 1. The van der Waals surface area contributed by atoms with E-state index in [0.717, 1.165) is 58.1 Å². The lowest BCUT2D eigenvalue weighted by molar-refractivity contribution is 0.0341. The number of aromatic nitrogens is 5. The highest BCUT2D eigenvalue weighted by Gasteiger charge is 2.24. The highest BCUT2D eigenvalue weighted by Crippen LogP contribution is 2.33. The summed E-state index contributed by atoms with van der Waals surface area (Å²) in [5.41, 5.74) is 4.46. The first-order valence-electron chi connectivity index (χ1n) is 15.1. The zero-order valence-electron chi connectivity index (χ0n) is 26.2. The fraction of sp³-hybridized carbons (Fsp3) is 0.533. The maximum absolute atomic E-state index is 13.5. The van der Waals surface area contributed by atoms with Gasteiger partial charge in [-0.15, -0.1) is 11.3 Å². The van der Waals surface area contributed by atoms with Crippen molar-refractivity contribution in [3.05, 3.63) is 47.0 Å². The number of ether oxygens (including phenoxy) is 2. The summed E-state index contributed by atoms with van der Waals surface area (Å²) < 4.78 is 15.3. The fourth-order valence-corrected chi connectivity index (χ4v) is 6.87. The van der Waals surface area contributed by atoms with E-state index >= 15 is 0 Å². The largest absolute Gasteiger partial charge is 0.379 e. The van der Waals surface area contributed by atoms with E-state index in [1.54, 1.807) is 0 Å². The molecule has 5 heterocycles. The van der Waals surface area contributed by atoms with E-state index in [1.165, 1.54) is 11.3 Å². The topological polar surface area (TPSA) is 102 Å². The predicted molar refractivity (Wildman–Crippen MR) is 174 cm³/mol. The number of thiophene rings is 1. The number of nitrogens with zero attached hydrogens (tertiary/aromatic N) is 7. The molecule has 0 unspecified atom stereocenters. The summed E-state index contributed by atoms with van der Waals surface area (Å²) in [5, 5.41) is 8.89. The first kappa shape index (κ1) is 31.3. The Hall–Kier alpha value is -3.10. The third kappa shape index (κ3) is 7.71. The van der Waals surface area contributed by atoms with Gasteiger partial charge >= 0.3 is 0 Å². The van der Waals surface area contributed by atoms with Crippen molar-refractivity contribution in [3.8, 4) is 11.3 Å². The minimum Gasteiger partial charge on any atom is -0.379 e. The van der Waals surface area contributed by atoms with Gasteiger partial charge in [-0.1, -0.05) is 19.6 Å². The molecular formula is C30H44N8O3SSi. The van der Waals surface area contributed by atoms with Crippen LogP contribution in [0, 0.1) is 6.92 Å². The maximum Gasteiger partial charge on any atom is 0.264 e. The molecule has 0 saturated carbocycles. The van der Waals surface area contributed by atoms with Crippen molar-refractivity contribution in [2.45, 2.75) is 59.7 Å². The van der Waals surface area contributed by atoms with Crippen LogP contribution in [0.1, 0.15) is 34.8 Å². The van der Waals surface area contributed by atoms with Gasteiger partial charge in [-0.05, 0) is 38.4 Å². The quantitative estimate of drug-likeness (QED) is 0.157. The van der Waals surface area contributed by atoms with Gasteiger partial charge in [-0.3, -0.25) is 14.1 Å². The summed E-state index contributed by atoms with van der Waals surface area (Å²) in [6.45, 7) is 19.4. The number of hydrogen-bond acceptors (Lipinski definition) is 9. The van der Waals surface area contributed by atoms with E-state index in [4.69, 9.17) is 19.4 Å². The number of morpholine rings is 1. The average molecular weight is 625 g/mol. The van der Waals surface area contributed by atoms with Crippen molar-refractivity contribution in [3.63, 3.8) is 0 Å². The van der Waals surface area contributed by atoms with Crippen molar-refractivity contribution in [2.75, 3.05) is 51.3 Å². The second-order valence-electron chi connectivity index (χ2n) is 12.1. The van der Waals surface area contributed by atoms with Crippen molar-refractivity contribution in [1.82, 2.24) is 33.9 Å². The number of fused-ring (bicyclic) bond motifs is 1. The van der Waals surface area contributed by atoms with E-state index in [-0.39, 0.29) is 5.91 Å². The molecule has 1 fully saturated rings. The van der Waals surface area contributed by atoms with Crippen LogP contribution in [0.2, 0.25) is 25.7 Å². The molecule has 4 aromatic rings. The number of carbonyl (C=O) groups is 1. The lowest BCUT2D eigenvalue weighted by atomic mass is 10.2. The number of amides is 1. The Balaban J connectivity index is 1.39. The molecule has 0 atom stereocenters. The highest BCUT2D eigenvalue weighted by atomic mass is 32.1. The Bertz CT molecular complexity index is 1530. The van der Waals surface area contributed by atoms with Gasteiger partial charge < -0.3 is 19.7 Å². The molecule has 1 amide bonds. The SMILES string of the molecule is CCN(CC)C(=O)c1sc(Nc2nc(C)cn3c(-c4cnn(COCC[Si](C)(C)C)c4)cnc23)cc1CN1CCOCC1. The third-order valence-electron chi connectivity index (χ3n) is 7.55. The minimum absolute atomic E-state index is 0.0678. The zero-order chi connectivity index (χ0) is 30.6. The van der Waals surface area contributed by atoms with Gasteiger partial charge in [0.15, 0.2) is 11.5 Å². The number of carbonyl (C=O) groups excluding carboxylic acids is 1. The van der Waals surface area contributed by atoms with Crippen LogP contribution in [0.3, 0.4) is 0 Å². The van der Waals surface area contributed by atoms with Crippen molar-refractivity contribution < 1.29 is 14.3 Å². The third-order valence-corrected chi connectivity index (χ3v) is 10.3. The van der Waals surface area contributed by atoms with Crippen molar-refractivity contribution in [2.24, 2.45) is 0 Å². The summed E-state index contributed by atoms with van der Waals surface area (Å²) in [6.07, 6.45) is 7.67. The summed E-state index contributed by atoms with van der Waals surface area (Å²) in [7, 11) is -1.13. The molecule has 43 heavy (non-hydrogen) atoms. The van der Waals surface area contributed by atoms with E-state index in [0.29, 0.717) is 51.0 Å². The molecule has 13 heteroatoms. The first-order valence-corrected chi connectivity index (χ1v) is 19.6. The normalized spacial score (nSPS) is 14.5. The number of anilines is 2. The van der Waals surface area contributed by atoms with Crippen LogP contribution in [0.4, 0.5) is 10.8 Å². The molecule has 1 aliphatic rings.